The monoisotopic (exact) mass is 219 g/mol. The van der Waals surface area contributed by atoms with Crippen LogP contribution in [-0.4, -0.2) is 18.8 Å². The van der Waals surface area contributed by atoms with Crippen LogP contribution in [0.2, 0.25) is 0 Å². The van der Waals surface area contributed by atoms with Gasteiger partial charge in [0.1, 0.15) is 0 Å². The van der Waals surface area contributed by atoms with Crippen LogP contribution in [-0.2, 0) is 6.18 Å². The van der Waals surface area contributed by atoms with E-state index in [1.807, 2.05) is 0 Å². The molecule has 1 rings (SSSR count). The first kappa shape index (κ1) is 12.0. The van der Waals surface area contributed by atoms with Gasteiger partial charge < -0.3 is 10.4 Å². The molecular formula is C10H12F3NO. The van der Waals surface area contributed by atoms with Crippen molar-refractivity contribution < 1.29 is 18.3 Å². The van der Waals surface area contributed by atoms with Crippen molar-refractivity contribution in [2.24, 2.45) is 0 Å². The van der Waals surface area contributed by atoms with Crippen molar-refractivity contribution in [3.05, 3.63) is 35.4 Å². The van der Waals surface area contributed by atoms with E-state index in [1.54, 1.807) is 0 Å². The zero-order valence-corrected chi connectivity index (χ0v) is 8.17. The second-order valence-corrected chi connectivity index (χ2v) is 3.11. The van der Waals surface area contributed by atoms with Gasteiger partial charge in [0.05, 0.1) is 18.2 Å². The zero-order chi connectivity index (χ0) is 11.5. The number of hydrogen-bond donors (Lipinski definition) is 2. The van der Waals surface area contributed by atoms with Crippen molar-refractivity contribution >= 4 is 0 Å². The molecule has 0 saturated carbocycles. The van der Waals surface area contributed by atoms with Gasteiger partial charge >= 0.3 is 6.18 Å². The maximum atomic E-state index is 12.6. The highest BCUT2D eigenvalue weighted by Gasteiger charge is 2.34. The summed E-state index contributed by atoms with van der Waals surface area (Å²) in [6.07, 6.45) is -4.39. The molecule has 84 valence electrons. The van der Waals surface area contributed by atoms with Crippen molar-refractivity contribution in [1.82, 2.24) is 5.32 Å². The molecule has 2 N–H and O–H groups in total. The predicted octanol–water partition coefficient (Wildman–Crippen LogP) is 1.96. The molecular weight excluding hydrogens is 207 g/mol. The Morgan fingerprint density at radius 3 is 2.40 bits per heavy atom. The summed E-state index contributed by atoms with van der Waals surface area (Å²) in [7, 11) is 1.51. The lowest BCUT2D eigenvalue weighted by molar-refractivity contribution is -0.138. The fraction of sp³-hybridized carbons (Fsp3) is 0.400. The molecule has 1 aromatic carbocycles. The number of halogens is 3. The lowest BCUT2D eigenvalue weighted by atomic mass is 10.0. The quantitative estimate of drug-likeness (QED) is 0.814. The van der Waals surface area contributed by atoms with Gasteiger partial charge in [-0.25, -0.2) is 0 Å². The third kappa shape index (κ3) is 2.70. The Hall–Kier alpha value is -1.07. The SMILES string of the molecule is CN[C@H](CO)c1ccccc1C(F)(F)F. The van der Waals surface area contributed by atoms with Gasteiger partial charge in [-0.2, -0.15) is 13.2 Å². The van der Waals surface area contributed by atoms with E-state index in [2.05, 4.69) is 5.32 Å². The second-order valence-electron chi connectivity index (χ2n) is 3.11. The zero-order valence-electron chi connectivity index (χ0n) is 8.17. The van der Waals surface area contributed by atoms with Crippen LogP contribution >= 0.6 is 0 Å². The van der Waals surface area contributed by atoms with Crippen LogP contribution in [0, 0.1) is 0 Å². The van der Waals surface area contributed by atoms with Gasteiger partial charge in [0.15, 0.2) is 0 Å². The molecule has 1 aromatic rings. The minimum atomic E-state index is -4.39. The van der Waals surface area contributed by atoms with Gasteiger partial charge in [-0.15, -0.1) is 0 Å². The number of likely N-dealkylation sites (N-methyl/N-ethyl adjacent to an activating group) is 1. The van der Waals surface area contributed by atoms with Gasteiger partial charge in [-0.3, -0.25) is 0 Å². The van der Waals surface area contributed by atoms with Crippen LogP contribution in [0.4, 0.5) is 13.2 Å². The molecule has 0 aliphatic carbocycles. The number of alkyl halides is 3. The Morgan fingerprint density at radius 1 is 1.33 bits per heavy atom. The van der Waals surface area contributed by atoms with Gasteiger partial charge in [0.25, 0.3) is 0 Å². The lowest BCUT2D eigenvalue weighted by Gasteiger charge is -2.19. The molecule has 0 heterocycles. The molecule has 2 nitrogen and oxygen atoms in total. The third-order valence-electron chi connectivity index (χ3n) is 2.17. The molecule has 1 atom stereocenters. The fourth-order valence-corrected chi connectivity index (χ4v) is 1.40. The fourth-order valence-electron chi connectivity index (χ4n) is 1.40. The summed E-state index contributed by atoms with van der Waals surface area (Å²) in [5.41, 5.74) is -0.645. The Balaban J connectivity index is 3.17. The molecule has 15 heavy (non-hydrogen) atoms. The highest BCUT2D eigenvalue weighted by atomic mass is 19.4. The molecule has 0 radical (unpaired) electrons. The van der Waals surface area contributed by atoms with E-state index in [0.29, 0.717) is 0 Å². The summed E-state index contributed by atoms with van der Waals surface area (Å²) >= 11 is 0. The summed E-state index contributed by atoms with van der Waals surface area (Å²) < 4.78 is 37.7. The smallest absolute Gasteiger partial charge is 0.394 e. The number of aliphatic hydroxyl groups is 1. The molecule has 5 heteroatoms. The van der Waals surface area contributed by atoms with Crippen molar-refractivity contribution in [2.75, 3.05) is 13.7 Å². The van der Waals surface area contributed by atoms with Crippen LogP contribution in [0.15, 0.2) is 24.3 Å². The van der Waals surface area contributed by atoms with Gasteiger partial charge in [-0.1, -0.05) is 18.2 Å². The highest BCUT2D eigenvalue weighted by molar-refractivity contribution is 5.32. The summed E-state index contributed by atoms with van der Waals surface area (Å²) in [6, 6.07) is 4.53. The maximum absolute atomic E-state index is 12.6. The molecule has 0 aromatic heterocycles. The Kier molecular flexibility index (Phi) is 3.71. The summed E-state index contributed by atoms with van der Waals surface area (Å²) in [5.74, 6) is 0. The minimum absolute atomic E-state index is 0.0648. The second kappa shape index (κ2) is 4.63. The molecule has 0 aliphatic heterocycles. The van der Waals surface area contributed by atoms with Crippen molar-refractivity contribution in [3.8, 4) is 0 Å². The van der Waals surface area contributed by atoms with E-state index in [4.69, 9.17) is 5.11 Å². The highest BCUT2D eigenvalue weighted by Crippen LogP contribution is 2.34. The largest absolute Gasteiger partial charge is 0.416 e. The van der Waals surface area contributed by atoms with Crippen LogP contribution in [0.1, 0.15) is 17.2 Å². The Bertz CT molecular complexity index is 321. The summed E-state index contributed by atoms with van der Waals surface area (Å²) in [5, 5.41) is 11.6. The molecule has 0 spiro atoms. The van der Waals surface area contributed by atoms with E-state index < -0.39 is 17.8 Å². The number of nitrogens with one attached hydrogen (secondary N) is 1. The molecule has 0 unspecified atom stereocenters. The molecule has 0 amide bonds. The normalized spacial score (nSPS) is 13.9. The van der Waals surface area contributed by atoms with E-state index in [0.717, 1.165) is 6.07 Å². The first-order valence-corrected chi connectivity index (χ1v) is 4.45. The van der Waals surface area contributed by atoms with Crippen molar-refractivity contribution in [2.45, 2.75) is 12.2 Å². The standard InChI is InChI=1S/C10H12F3NO/c1-14-9(6-15)7-4-2-3-5-8(7)10(11,12)13/h2-5,9,14-15H,6H2,1H3/t9-/m1/s1. The van der Waals surface area contributed by atoms with Crippen molar-refractivity contribution in [1.29, 1.82) is 0 Å². The van der Waals surface area contributed by atoms with E-state index >= 15 is 0 Å². The number of rotatable bonds is 3. The first-order valence-electron chi connectivity index (χ1n) is 4.45. The predicted molar refractivity (Wildman–Crippen MR) is 50.3 cm³/mol. The molecule has 0 fully saturated rings. The summed E-state index contributed by atoms with van der Waals surface area (Å²) in [6.45, 7) is -0.371. The topological polar surface area (TPSA) is 32.3 Å². The molecule has 0 bridgehead atoms. The minimum Gasteiger partial charge on any atom is -0.394 e. The van der Waals surface area contributed by atoms with E-state index in [9.17, 15) is 13.2 Å². The Labute approximate surface area is 85.7 Å². The van der Waals surface area contributed by atoms with Gasteiger partial charge in [-0.05, 0) is 18.7 Å². The lowest BCUT2D eigenvalue weighted by Crippen LogP contribution is -2.23. The maximum Gasteiger partial charge on any atom is 0.416 e. The van der Waals surface area contributed by atoms with E-state index in [1.165, 1.54) is 25.2 Å². The number of aliphatic hydroxyl groups excluding tert-OH is 1. The Morgan fingerprint density at radius 2 is 1.93 bits per heavy atom. The average molecular weight is 219 g/mol. The van der Waals surface area contributed by atoms with Gasteiger partial charge in [0.2, 0.25) is 0 Å². The third-order valence-corrected chi connectivity index (χ3v) is 2.17. The average Bonchev–Trinajstić information content (AvgIpc) is 2.19. The number of hydrogen-bond acceptors (Lipinski definition) is 2. The van der Waals surface area contributed by atoms with Crippen LogP contribution in [0.25, 0.3) is 0 Å². The number of benzene rings is 1. The van der Waals surface area contributed by atoms with Crippen molar-refractivity contribution in [3.63, 3.8) is 0 Å². The van der Waals surface area contributed by atoms with Crippen LogP contribution in [0.5, 0.6) is 0 Å². The van der Waals surface area contributed by atoms with Crippen LogP contribution in [0.3, 0.4) is 0 Å². The van der Waals surface area contributed by atoms with Crippen LogP contribution < -0.4 is 5.32 Å². The molecule has 0 aliphatic rings. The first-order chi connectivity index (χ1) is 7.00. The molecule has 0 saturated heterocycles. The summed E-state index contributed by atoms with van der Waals surface area (Å²) in [4.78, 5) is 0. The van der Waals surface area contributed by atoms with Gasteiger partial charge in [0, 0.05) is 0 Å². The van der Waals surface area contributed by atoms with E-state index in [-0.39, 0.29) is 12.2 Å².